The first-order valence-electron chi connectivity index (χ1n) is 21.8. The number of hydrogen-bond acceptors (Lipinski definition) is 7. The fraction of sp³-hybridized carbons (Fsp3) is 0.346. The van der Waals surface area contributed by atoms with Gasteiger partial charge in [0.1, 0.15) is 0 Å². The number of amides is 1. The Hall–Kier alpha value is -5.70. The minimum Gasteiger partial charge on any atom is -0.466 e. The highest BCUT2D eigenvalue weighted by atomic mass is 16.5. The second kappa shape index (κ2) is 17.1. The highest BCUT2D eigenvalue weighted by molar-refractivity contribution is 5.93. The lowest BCUT2D eigenvalue weighted by atomic mass is 9.99. The lowest BCUT2D eigenvalue weighted by Crippen LogP contribution is -2.54. The second-order valence-corrected chi connectivity index (χ2v) is 17.4. The van der Waals surface area contributed by atoms with Crippen molar-refractivity contribution in [2.75, 3.05) is 55.7 Å². The average molecular weight is 800 g/mol. The number of primary amides is 1. The summed E-state index contributed by atoms with van der Waals surface area (Å²) in [6.45, 7) is 10.6. The highest BCUT2D eigenvalue weighted by Gasteiger charge is 2.52. The molecule has 4 aliphatic rings. The van der Waals surface area contributed by atoms with Gasteiger partial charge in [-0.25, -0.2) is 0 Å². The molecule has 2 spiro atoms. The number of piperazine rings is 2. The predicted molar refractivity (Wildman–Crippen MR) is 243 cm³/mol. The Morgan fingerprint density at radius 3 is 1.43 bits per heavy atom. The van der Waals surface area contributed by atoms with Crippen molar-refractivity contribution in [2.45, 2.75) is 69.6 Å². The maximum Gasteiger partial charge on any atom is 0.310 e. The van der Waals surface area contributed by atoms with Gasteiger partial charge >= 0.3 is 5.97 Å². The van der Waals surface area contributed by atoms with Crippen LogP contribution in [0, 0.1) is 0 Å². The van der Waals surface area contributed by atoms with E-state index < -0.39 is 0 Å². The molecule has 1 amide bonds. The van der Waals surface area contributed by atoms with Crippen molar-refractivity contribution < 1.29 is 14.3 Å². The summed E-state index contributed by atoms with van der Waals surface area (Å²) in [4.78, 5) is 34.2. The van der Waals surface area contributed by atoms with Crippen molar-refractivity contribution in [1.29, 1.82) is 0 Å². The quantitative estimate of drug-likeness (QED) is 0.132. The normalized spacial score (nSPS) is 18.0. The predicted octanol–water partition coefficient (Wildman–Crippen LogP) is 8.52. The third-order valence-corrected chi connectivity index (χ3v) is 13.3. The minimum absolute atomic E-state index is 0.156. The molecule has 4 fully saturated rings. The Balaban J connectivity index is 0.000000154. The first kappa shape index (κ1) is 39.7. The first-order chi connectivity index (χ1) is 29.3. The maximum absolute atomic E-state index is 12.2. The lowest BCUT2D eigenvalue weighted by molar-refractivity contribution is -0.142. The van der Waals surface area contributed by atoms with Crippen molar-refractivity contribution >= 4 is 44.8 Å². The van der Waals surface area contributed by atoms with Crippen LogP contribution in [0.25, 0.3) is 21.5 Å². The van der Waals surface area contributed by atoms with E-state index in [2.05, 4.69) is 141 Å². The van der Waals surface area contributed by atoms with Gasteiger partial charge in [0.15, 0.2) is 0 Å². The van der Waals surface area contributed by atoms with E-state index in [1.54, 1.807) is 0 Å². The van der Waals surface area contributed by atoms with E-state index in [0.717, 1.165) is 74.3 Å². The Bertz CT molecular complexity index is 2460. The Morgan fingerprint density at radius 2 is 1.00 bits per heavy atom. The molecule has 6 aromatic carbocycles. The summed E-state index contributed by atoms with van der Waals surface area (Å²) in [7, 11) is 0. The molecule has 2 aliphatic carbocycles. The van der Waals surface area contributed by atoms with Gasteiger partial charge in [-0.2, -0.15) is 0 Å². The number of hydrogen-bond donors (Lipinski definition) is 1. The Morgan fingerprint density at radius 1 is 0.567 bits per heavy atom. The van der Waals surface area contributed by atoms with Crippen molar-refractivity contribution in [3.8, 4) is 0 Å². The van der Waals surface area contributed by atoms with Gasteiger partial charge in [0.2, 0.25) is 5.91 Å². The van der Waals surface area contributed by atoms with E-state index in [1.165, 1.54) is 59.0 Å². The summed E-state index contributed by atoms with van der Waals surface area (Å²) in [6.07, 6.45) is 5.66. The SMILES string of the molecule is CCOC(=O)Cc1cc(N2CCN(Cc3ccccc3)C3(CC3)C2)cc2ccccc12.NC(=O)Cc1cc(N2CCN(Cc3ccccc3)C3(CC3)C2)cc2ccccc12. The zero-order chi connectivity index (χ0) is 41.1. The van der Waals surface area contributed by atoms with Gasteiger partial charge in [-0.3, -0.25) is 19.4 Å². The molecule has 10 rings (SSSR count). The molecular formula is C52H57N5O3. The molecule has 0 unspecified atom stereocenters. The molecule has 0 atom stereocenters. The Kier molecular flexibility index (Phi) is 11.3. The standard InChI is InChI=1S/C27H30N2O2.C25H27N3O/c1-2-31-26(30)18-23-17-24(16-22-10-6-7-11-25(22)23)28-14-15-29(27(20-28)12-13-27)19-21-8-4-3-5-9-21;26-24(29)16-21-15-22(14-20-8-4-5-9-23(20)21)27-12-13-28(25(18-27)10-11-25)17-19-6-2-1-3-7-19/h3-11,16-17H,2,12-15,18-20H2,1H3;1-9,14-15H,10-13,16-18H2,(H2,26,29). The van der Waals surface area contributed by atoms with Crippen molar-refractivity contribution in [2.24, 2.45) is 5.73 Å². The number of fused-ring (bicyclic) bond motifs is 2. The molecule has 60 heavy (non-hydrogen) atoms. The van der Waals surface area contributed by atoms with Crippen LogP contribution in [0.5, 0.6) is 0 Å². The third-order valence-electron chi connectivity index (χ3n) is 13.3. The molecule has 0 bridgehead atoms. The molecule has 8 heteroatoms. The van der Waals surface area contributed by atoms with Gasteiger partial charge in [-0.1, -0.05) is 109 Å². The number of ether oxygens (including phenoxy) is 1. The number of rotatable bonds is 11. The van der Waals surface area contributed by atoms with E-state index in [1.807, 2.05) is 19.1 Å². The number of anilines is 2. The smallest absolute Gasteiger partial charge is 0.310 e. The lowest BCUT2D eigenvalue weighted by Gasteiger charge is -2.43. The summed E-state index contributed by atoms with van der Waals surface area (Å²) in [5.41, 5.74) is 13.4. The van der Waals surface area contributed by atoms with Crippen molar-refractivity contribution in [3.05, 3.63) is 156 Å². The topological polar surface area (TPSA) is 82.3 Å². The first-order valence-corrected chi connectivity index (χ1v) is 21.8. The molecule has 2 N–H and O–H groups in total. The molecular weight excluding hydrogens is 743 g/mol. The van der Waals surface area contributed by atoms with Gasteiger partial charge in [0.25, 0.3) is 0 Å². The largest absolute Gasteiger partial charge is 0.466 e. The second-order valence-electron chi connectivity index (χ2n) is 17.4. The fourth-order valence-electron chi connectivity index (χ4n) is 9.76. The van der Waals surface area contributed by atoms with Crippen LogP contribution in [0.3, 0.4) is 0 Å². The molecule has 2 saturated carbocycles. The van der Waals surface area contributed by atoms with E-state index >= 15 is 0 Å². The fourth-order valence-corrected chi connectivity index (χ4v) is 9.76. The average Bonchev–Trinajstić information content (AvgIpc) is 4.21. The number of esters is 1. The molecule has 2 saturated heterocycles. The summed E-state index contributed by atoms with van der Waals surface area (Å²) >= 11 is 0. The molecule has 8 nitrogen and oxygen atoms in total. The van der Waals surface area contributed by atoms with E-state index in [-0.39, 0.29) is 18.3 Å². The molecule has 2 aliphatic heterocycles. The van der Waals surface area contributed by atoms with Crippen molar-refractivity contribution in [1.82, 2.24) is 9.80 Å². The van der Waals surface area contributed by atoms with Crippen LogP contribution < -0.4 is 15.5 Å². The van der Waals surface area contributed by atoms with E-state index in [0.29, 0.717) is 24.1 Å². The molecule has 0 radical (unpaired) electrons. The van der Waals surface area contributed by atoms with Crippen LogP contribution in [0.4, 0.5) is 11.4 Å². The van der Waals surface area contributed by atoms with Gasteiger partial charge in [-0.15, -0.1) is 0 Å². The molecule has 308 valence electrons. The molecule has 6 aromatic rings. The van der Waals surface area contributed by atoms with Gasteiger partial charge in [0.05, 0.1) is 19.4 Å². The van der Waals surface area contributed by atoms with Crippen LogP contribution in [0.2, 0.25) is 0 Å². The maximum atomic E-state index is 12.2. The number of carbonyl (C=O) groups is 2. The highest BCUT2D eigenvalue weighted by Crippen LogP contribution is 2.47. The summed E-state index contributed by atoms with van der Waals surface area (Å²) in [6, 6.07) is 47.2. The van der Waals surface area contributed by atoms with Crippen LogP contribution in [-0.2, 0) is 40.3 Å². The minimum atomic E-state index is -0.279. The van der Waals surface area contributed by atoms with E-state index in [9.17, 15) is 9.59 Å². The number of nitrogens with zero attached hydrogens (tertiary/aromatic N) is 4. The van der Waals surface area contributed by atoms with Crippen LogP contribution in [0.1, 0.15) is 54.9 Å². The summed E-state index contributed by atoms with van der Waals surface area (Å²) in [5.74, 6) is -0.435. The monoisotopic (exact) mass is 799 g/mol. The van der Waals surface area contributed by atoms with Gasteiger partial charge in [0, 0.05) is 74.8 Å². The zero-order valence-electron chi connectivity index (χ0n) is 34.9. The summed E-state index contributed by atoms with van der Waals surface area (Å²) in [5, 5.41) is 4.63. The Labute approximate surface area is 354 Å². The zero-order valence-corrected chi connectivity index (χ0v) is 34.9. The molecule has 2 heterocycles. The molecule has 0 aromatic heterocycles. The van der Waals surface area contributed by atoms with Crippen LogP contribution in [0.15, 0.2) is 133 Å². The van der Waals surface area contributed by atoms with E-state index in [4.69, 9.17) is 10.5 Å². The number of benzene rings is 6. The van der Waals surface area contributed by atoms with Gasteiger partial charge in [-0.05, 0) is 101 Å². The summed E-state index contributed by atoms with van der Waals surface area (Å²) < 4.78 is 5.23. The van der Waals surface area contributed by atoms with Crippen LogP contribution >= 0.6 is 0 Å². The third kappa shape index (κ3) is 8.77. The van der Waals surface area contributed by atoms with Crippen molar-refractivity contribution in [3.63, 3.8) is 0 Å². The van der Waals surface area contributed by atoms with Gasteiger partial charge < -0.3 is 20.3 Å². The van der Waals surface area contributed by atoms with Crippen LogP contribution in [-0.4, -0.2) is 78.6 Å². The number of nitrogens with two attached hydrogens (primary N) is 1. The number of carbonyl (C=O) groups excluding carboxylic acids is 2.